The van der Waals surface area contributed by atoms with Gasteiger partial charge in [0.25, 0.3) is 0 Å². The number of nitriles is 1. The zero-order valence-corrected chi connectivity index (χ0v) is 10.2. The quantitative estimate of drug-likeness (QED) is 0.810. The van der Waals surface area contributed by atoms with E-state index >= 15 is 0 Å². The fourth-order valence-electron chi connectivity index (χ4n) is 1.27. The standard InChI is InChI=1S/C11H13BrN2/c1-8-4-5-9(6-10(8)12)11(7-13)14(2)3/h4-6,11H,1-3H3. The van der Waals surface area contributed by atoms with Crippen molar-refractivity contribution in [1.82, 2.24) is 4.90 Å². The zero-order chi connectivity index (χ0) is 10.7. The minimum absolute atomic E-state index is 0.174. The Morgan fingerprint density at radius 2 is 2.07 bits per heavy atom. The highest BCUT2D eigenvalue weighted by molar-refractivity contribution is 9.10. The summed E-state index contributed by atoms with van der Waals surface area (Å²) in [4.78, 5) is 1.90. The Labute approximate surface area is 93.3 Å². The van der Waals surface area contributed by atoms with Crippen molar-refractivity contribution in [3.63, 3.8) is 0 Å². The Hall–Kier alpha value is -0.850. The highest BCUT2D eigenvalue weighted by Crippen LogP contribution is 2.23. The number of halogens is 1. The molecule has 14 heavy (non-hydrogen) atoms. The molecule has 0 saturated heterocycles. The van der Waals surface area contributed by atoms with E-state index in [1.165, 1.54) is 5.56 Å². The maximum absolute atomic E-state index is 9.00. The molecular weight excluding hydrogens is 240 g/mol. The molecule has 0 aliphatic rings. The second-order valence-corrected chi connectivity index (χ2v) is 4.36. The van der Waals surface area contributed by atoms with Crippen molar-refractivity contribution in [2.75, 3.05) is 14.1 Å². The van der Waals surface area contributed by atoms with Gasteiger partial charge in [-0.3, -0.25) is 4.90 Å². The third-order valence-corrected chi connectivity index (χ3v) is 3.00. The Bertz CT molecular complexity index is 366. The Morgan fingerprint density at radius 3 is 2.50 bits per heavy atom. The van der Waals surface area contributed by atoms with Crippen LogP contribution in [0.15, 0.2) is 22.7 Å². The fourth-order valence-corrected chi connectivity index (χ4v) is 1.66. The number of nitrogens with zero attached hydrogens (tertiary/aromatic N) is 2. The molecule has 0 aliphatic carbocycles. The monoisotopic (exact) mass is 252 g/mol. The summed E-state index contributed by atoms with van der Waals surface area (Å²) >= 11 is 3.46. The Balaban J connectivity index is 3.08. The van der Waals surface area contributed by atoms with Gasteiger partial charge in [-0.05, 0) is 38.2 Å². The molecular formula is C11H13BrN2. The lowest BCUT2D eigenvalue weighted by molar-refractivity contribution is 0.358. The van der Waals surface area contributed by atoms with Crippen molar-refractivity contribution in [2.24, 2.45) is 0 Å². The van der Waals surface area contributed by atoms with Gasteiger partial charge in [0, 0.05) is 4.47 Å². The van der Waals surface area contributed by atoms with Crippen molar-refractivity contribution in [3.05, 3.63) is 33.8 Å². The largest absolute Gasteiger partial charge is 0.291 e. The Morgan fingerprint density at radius 1 is 1.43 bits per heavy atom. The maximum atomic E-state index is 9.00. The molecule has 0 fully saturated rings. The summed E-state index contributed by atoms with van der Waals surface area (Å²) in [5, 5.41) is 9.00. The van der Waals surface area contributed by atoms with Gasteiger partial charge in [-0.2, -0.15) is 5.26 Å². The second kappa shape index (κ2) is 4.59. The van der Waals surface area contributed by atoms with Crippen LogP contribution >= 0.6 is 15.9 Å². The van der Waals surface area contributed by atoms with Gasteiger partial charge < -0.3 is 0 Å². The molecule has 1 aromatic carbocycles. The molecule has 1 atom stereocenters. The van der Waals surface area contributed by atoms with Crippen molar-refractivity contribution in [2.45, 2.75) is 13.0 Å². The van der Waals surface area contributed by atoms with Gasteiger partial charge in [-0.1, -0.05) is 28.1 Å². The molecule has 0 aliphatic heterocycles. The minimum Gasteiger partial charge on any atom is -0.291 e. The molecule has 74 valence electrons. The summed E-state index contributed by atoms with van der Waals surface area (Å²) in [5.41, 5.74) is 2.21. The molecule has 1 unspecified atom stereocenters. The normalized spacial score (nSPS) is 12.6. The molecule has 0 heterocycles. The van der Waals surface area contributed by atoms with Crippen LogP contribution in [0, 0.1) is 18.3 Å². The van der Waals surface area contributed by atoms with Gasteiger partial charge >= 0.3 is 0 Å². The first-order valence-electron chi connectivity index (χ1n) is 4.38. The summed E-state index contributed by atoms with van der Waals surface area (Å²) in [6.07, 6.45) is 0. The summed E-state index contributed by atoms with van der Waals surface area (Å²) in [6.45, 7) is 2.03. The van der Waals surface area contributed by atoms with Crippen LogP contribution in [-0.2, 0) is 0 Å². The molecule has 0 radical (unpaired) electrons. The smallest absolute Gasteiger partial charge is 0.123 e. The van der Waals surface area contributed by atoms with Crippen molar-refractivity contribution >= 4 is 15.9 Å². The third kappa shape index (κ3) is 2.34. The second-order valence-electron chi connectivity index (χ2n) is 3.50. The molecule has 1 aromatic rings. The number of hydrogen-bond acceptors (Lipinski definition) is 2. The van der Waals surface area contributed by atoms with Crippen LogP contribution in [0.1, 0.15) is 17.2 Å². The molecule has 0 aromatic heterocycles. The summed E-state index contributed by atoms with van der Waals surface area (Å²) < 4.78 is 1.05. The Kier molecular flexibility index (Phi) is 3.68. The van der Waals surface area contributed by atoms with Crippen LogP contribution in [0.3, 0.4) is 0 Å². The lowest BCUT2D eigenvalue weighted by Crippen LogP contribution is -2.18. The fraction of sp³-hybridized carbons (Fsp3) is 0.364. The predicted molar refractivity (Wildman–Crippen MR) is 60.9 cm³/mol. The molecule has 0 bridgehead atoms. The number of aryl methyl sites for hydroxylation is 1. The van der Waals surface area contributed by atoms with Gasteiger partial charge in [0.15, 0.2) is 0 Å². The SMILES string of the molecule is Cc1ccc(C(C#N)N(C)C)cc1Br. The first-order chi connectivity index (χ1) is 6.56. The van der Waals surface area contributed by atoms with Crippen LogP contribution < -0.4 is 0 Å². The van der Waals surface area contributed by atoms with E-state index in [0.717, 1.165) is 10.0 Å². The average molecular weight is 253 g/mol. The van der Waals surface area contributed by atoms with Gasteiger partial charge in [0.05, 0.1) is 6.07 Å². The maximum Gasteiger partial charge on any atom is 0.123 e. The lowest BCUT2D eigenvalue weighted by atomic mass is 10.1. The summed E-state index contributed by atoms with van der Waals surface area (Å²) in [5.74, 6) is 0. The van der Waals surface area contributed by atoms with Crippen LogP contribution in [0.5, 0.6) is 0 Å². The average Bonchev–Trinajstić information content (AvgIpc) is 2.11. The van der Waals surface area contributed by atoms with Gasteiger partial charge in [-0.25, -0.2) is 0 Å². The first kappa shape index (κ1) is 11.2. The molecule has 0 spiro atoms. The van der Waals surface area contributed by atoms with Crippen LogP contribution in [0.2, 0.25) is 0 Å². The van der Waals surface area contributed by atoms with E-state index in [1.807, 2.05) is 44.1 Å². The van der Waals surface area contributed by atoms with Crippen molar-refractivity contribution in [1.29, 1.82) is 5.26 Å². The molecule has 0 N–H and O–H groups in total. The molecule has 2 nitrogen and oxygen atoms in total. The third-order valence-electron chi connectivity index (χ3n) is 2.15. The highest BCUT2D eigenvalue weighted by atomic mass is 79.9. The van der Waals surface area contributed by atoms with E-state index in [-0.39, 0.29) is 6.04 Å². The zero-order valence-electron chi connectivity index (χ0n) is 8.58. The van der Waals surface area contributed by atoms with E-state index in [1.54, 1.807) is 0 Å². The molecule has 3 heteroatoms. The van der Waals surface area contributed by atoms with Crippen molar-refractivity contribution in [3.8, 4) is 6.07 Å². The number of benzene rings is 1. The van der Waals surface area contributed by atoms with Gasteiger partial charge in [-0.15, -0.1) is 0 Å². The number of hydrogen-bond donors (Lipinski definition) is 0. The van der Waals surface area contributed by atoms with E-state index in [9.17, 15) is 0 Å². The van der Waals surface area contributed by atoms with E-state index in [4.69, 9.17) is 5.26 Å². The lowest BCUT2D eigenvalue weighted by Gasteiger charge is -2.17. The number of rotatable bonds is 2. The summed E-state index contributed by atoms with van der Waals surface area (Å²) in [7, 11) is 3.81. The van der Waals surface area contributed by atoms with E-state index < -0.39 is 0 Å². The van der Waals surface area contributed by atoms with E-state index in [2.05, 4.69) is 22.0 Å². The summed E-state index contributed by atoms with van der Waals surface area (Å²) in [6, 6.07) is 8.11. The van der Waals surface area contributed by atoms with Crippen LogP contribution in [0.25, 0.3) is 0 Å². The predicted octanol–water partition coefficient (Wildman–Crippen LogP) is 2.88. The van der Waals surface area contributed by atoms with Crippen LogP contribution in [-0.4, -0.2) is 19.0 Å². The molecule has 0 amide bonds. The van der Waals surface area contributed by atoms with Crippen LogP contribution in [0.4, 0.5) is 0 Å². The first-order valence-corrected chi connectivity index (χ1v) is 5.17. The van der Waals surface area contributed by atoms with Gasteiger partial charge in [0.1, 0.15) is 6.04 Å². The molecule has 1 rings (SSSR count). The minimum atomic E-state index is -0.174. The molecule has 0 saturated carbocycles. The highest BCUT2D eigenvalue weighted by Gasteiger charge is 2.13. The van der Waals surface area contributed by atoms with Crippen molar-refractivity contribution < 1.29 is 0 Å². The van der Waals surface area contributed by atoms with Gasteiger partial charge in [0.2, 0.25) is 0 Å². The van der Waals surface area contributed by atoms with E-state index in [0.29, 0.717) is 0 Å². The topological polar surface area (TPSA) is 27.0 Å².